The van der Waals surface area contributed by atoms with Crippen molar-refractivity contribution >= 4 is 17.5 Å². The highest BCUT2D eigenvalue weighted by molar-refractivity contribution is 6.39. The second kappa shape index (κ2) is 8.26. The summed E-state index contributed by atoms with van der Waals surface area (Å²) in [5.74, 6) is -1.61. The van der Waals surface area contributed by atoms with Crippen LogP contribution in [0.2, 0.25) is 0 Å². The number of carbonyl (C=O) groups excluding carboxylic acids is 2. The molecule has 0 fully saturated rings. The number of aryl methyl sites for hydroxylation is 1. The van der Waals surface area contributed by atoms with Gasteiger partial charge in [0.05, 0.1) is 11.8 Å². The highest BCUT2D eigenvalue weighted by Crippen LogP contribution is 2.23. The van der Waals surface area contributed by atoms with Crippen LogP contribution in [0.3, 0.4) is 0 Å². The standard InChI is InChI=1S/C15H22N2O4/c1-10(2)21-8-4-7-16-14(19)15(20)17-12-6-5-11(3)9-13(12)18/h5-6,9-10,18H,4,7-8H2,1-3H3,(H,16,19)(H,17,20). The van der Waals surface area contributed by atoms with Crippen LogP contribution >= 0.6 is 0 Å². The Kier molecular flexibility index (Phi) is 6.68. The number of phenols is 1. The Hall–Kier alpha value is -2.08. The molecule has 0 spiro atoms. The third-order valence-corrected chi connectivity index (χ3v) is 2.67. The normalized spacial score (nSPS) is 10.5. The van der Waals surface area contributed by atoms with E-state index in [0.717, 1.165) is 5.56 Å². The van der Waals surface area contributed by atoms with Crippen molar-refractivity contribution in [2.75, 3.05) is 18.5 Å². The highest BCUT2D eigenvalue weighted by atomic mass is 16.5. The molecule has 116 valence electrons. The predicted molar refractivity (Wildman–Crippen MR) is 80.2 cm³/mol. The van der Waals surface area contributed by atoms with Crippen molar-refractivity contribution in [1.82, 2.24) is 5.32 Å². The van der Waals surface area contributed by atoms with Crippen molar-refractivity contribution in [2.24, 2.45) is 0 Å². The first-order chi connectivity index (χ1) is 9.90. The molecule has 0 radical (unpaired) electrons. The van der Waals surface area contributed by atoms with Crippen LogP contribution in [0.1, 0.15) is 25.8 Å². The van der Waals surface area contributed by atoms with E-state index in [9.17, 15) is 14.7 Å². The maximum Gasteiger partial charge on any atom is 0.313 e. The number of carbonyl (C=O) groups is 2. The van der Waals surface area contributed by atoms with Gasteiger partial charge in [0, 0.05) is 13.2 Å². The summed E-state index contributed by atoms with van der Waals surface area (Å²) in [4.78, 5) is 23.2. The number of rotatable bonds is 6. The zero-order valence-corrected chi connectivity index (χ0v) is 12.6. The molecule has 0 aliphatic rings. The first-order valence-electron chi connectivity index (χ1n) is 6.90. The molecule has 1 aromatic carbocycles. The van der Waals surface area contributed by atoms with Crippen molar-refractivity contribution in [3.05, 3.63) is 23.8 Å². The van der Waals surface area contributed by atoms with Crippen molar-refractivity contribution in [3.63, 3.8) is 0 Å². The van der Waals surface area contributed by atoms with Crippen LogP contribution in [0.4, 0.5) is 5.69 Å². The van der Waals surface area contributed by atoms with E-state index in [4.69, 9.17) is 4.74 Å². The minimum Gasteiger partial charge on any atom is -0.506 e. The average Bonchev–Trinajstić information content (AvgIpc) is 2.40. The first kappa shape index (κ1) is 17.0. The SMILES string of the molecule is Cc1ccc(NC(=O)C(=O)NCCCOC(C)C)c(O)c1. The van der Waals surface area contributed by atoms with Crippen molar-refractivity contribution in [2.45, 2.75) is 33.3 Å². The molecule has 0 saturated carbocycles. The minimum absolute atomic E-state index is 0.0681. The number of aromatic hydroxyl groups is 1. The second-order valence-corrected chi connectivity index (χ2v) is 5.00. The number of phenolic OH excluding ortho intramolecular Hbond substituents is 1. The number of amides is 2. The van der Waals surface area contributed by atoms with E-state index in [1.54, 1.807) is 12.1 Å². The van der Waals surface area contributed by atoms with Gasteiger partial charge in [0.15, 0.2) is 0 Å². The fraction of sp³-hybridized carbons (Fsp3) is 0.467. The Morgan fingerprint density at radius 3 is 2.62 bits per heavy atom. The van der Waals surface area contributed by atoms with Gasteiger partial charge in [0.25, 0.3) is 0 Å². The summed E-state index contributed by atoms with van der Waals surface area (Å²) in [6.07, 6.45) is 0.779. The molecule has 0 saturated heterocycles. The van der Waals surface area contributed by atoms with Gasteiger partial charge in [-0.1, -0.05) is 6.07 Å². The van der Waals surface area contributed by atoms with Gasteiger partial charge in [-0.3, -0.25) is 9.59 Å². The molecule has 6 heteroatoms. The molecule has 0 unspecified atom stereocenters. The number of ether oxygens (including phenoxy) is 1. The van der Waals surface area contributed by atoms with Gasteiger partial charge in [-0.25, -0.2) is 0 Å². The largest absolute Gasteiger partial charge is 0.506 e. The summed E-state index contributed by atoms with van der Waals surface area (Å²) in [6, 6.07) is 4.79. The van der Waals surface area contributed by atoms with Crippen LogP contribution in [0.5, 0.6) is 5.75 Å². The Morgan fingerprint density at radius 2 is 2.00 bits per heavy atom. The van der Waals surface area contributed by atoms with E-state index in [0.29, 0.717) is 19.6 Å². The summed E-state index contributed by atoms with van der Waals surface area (Å²) in [7, 11) is 0. The van der Waals surface area contributed by atoms with Gasteiger partial charge in [-0.2, -0.15) is 0 Å². The Morgan fingerprint density at radius 1 is 1.29 bits per heavy atom. The molecule has 2 amide bonds. The zero-order chi connectivity index (χ0) is 15.8. The topological polar surface area (TPSA) is 87.7 Å². The maximum atomic E-state index is 11.7. The van der Waals surface area contributed by atoms with Gasteiger partial charge < -0.3 is 20.5 Å². The summed E-state index contributed by atoms with van der Waals surface area (Å²) in [6.45, 7) is 6.56. The van der Waals surface area contributed by atoms with Gasteiger partial charge >= 0.3 is 11.8 Å². The molecule has 1 rings (SSSR count). The van der Waals surface area contributed by atoms with E-state index < -0.39 is 11.8 Å². The van der Waals surface area contributed by atoms with Gasteiger partial charge in [-0.05, 0) is 44.9 Å². The lowest BCUT2D eigenvalue weighted by Gasteiger charge is -2.09. The lowest BCUT2D eigenvalue weighted by molar-refractivity contribution is -0.136. The lowest BCUT2D eigenvalue weighted by atomic mass is 10.2. The predicted octanol–water partition coefficient (Wildman–Crippen LogP) is 1.57. The molecule has 6 nitrogen and oxygen atoms in total. The summed E-state index contributed by atoms with van der Waals surface area (Å²) in [5.41, 5.74) is 1.07. The lowest BCUT2D eigenvalue weighted by Crippen LogP contribution is -2.36. The van der Waals surface area contributed by atoms with Gasteiger partial charge in [-0.15, -0.1) is 0 Å². The summed E-state index contributed by atoms with van der Waals surface area (Å²) >= 11 is 0. The Bertz CT molecular complexity index is 500. The number of hydrogen-bond acceptors (Lipinski definition) is 4. The first-order valence-corrected chi connectivity index (χ1v) is 6.90. The van der Waals surface area contributed by atoms with Crippen LogP contribution in [0.25, 0.3) is 0 Å². The van der Waals surface area contributed by atoms with Crippen LogP contribution in [-0.2, 0) is 14.3 Å². The fourth-order valence-electron chi connectivity index (χ4n) is 1.60. The average molecular weight is 294 g/mol. The zero-order valence-electron chi connectivity index (χ0n) is 12.6. The number of anilines is 1. The van der Waals surface area contributed by atoms with Crippen LogP contribution in [-0.4, -0.2) is 36.2 Å². The van der Waals surface area contributed by atoms with Crippen LogP contribution in [0.15, 0.2) is 18.2 Å². The van der Waals surface area contributed by atoms with E-state index in [1.165, 1.54) is 6.07 Å². The third kappa shape index (κ3) is 6.27. The quantitative estimate of drug-likeness (QED) is 0.422. The third-order valence-electron chi connectivity index (χ3n) is 2.67. The maximum absolute atomic E-state index is 11.7. The molecule has 3 N–H and O–H groups in total. The van der Waals surface area contributed by atoms with E-state index in [2.05, 4.69) is 10.6 Å². The smallest absolute Gasteiger partial charge is 0.313 e. The fourth-order valence-corrected chi connectivity index (χ4v) is 1.60. The molecule has 1 aromatic rings. The van der Waals surface area contributed by atoms with Crippen molar-refractivity contribution in [1.29, 1.82) is 0 Å². The molecule has 0 atom stereocenters. The number of benzene rings is 1. The Balaban J connectivity index is 2.36. The highest BCUT2D eigenvalue weighted by Gasteiger charge is 2.14. The molecular formula is C15H22N2O4. The van der Waals surface area contributed by atoms with E-state index >= 15 is 0 Å². The number of hydrogen-bond donors (Lipinski definition) is 3. The van der Waals surface area contributed by atoms with Crippen LogP contribution in [0, 0.1) is 6.92 Å². The van der Waals surface area contributed by atoms with Crippen molar-refractivity contribution < 1.29 is 19.4 Å². The van der Waals surface area contributed by atoms with Gasteiger partial charge in [0.2, 0.25) is 0 Å². The van der Waals surface area contributed by atoms with E-state index in [-0.39, 0.29) is 17.5 Å². The molecule has 0 aromatic heterocycles. The molecular weight excluding hydrogens is 272 g/mol. The van der Waals surface area contributed by atoms with E-state index in [1.807, 2.05) is 20.8 Å². The molecule has 0 aliphatic heterocycles. The molecule has 0 aliphatic carbocycles. The van der Waals surface area contributed by atoms with Crippen LogP contribution < -0.4 is 10.6 Å². The summed E-state index contributed by atoms with van der Waals surface area (Å²) in [5, 5.41) is 14.5. The molecule has 0 bridgehead atoms. The number of nitrogens with one attached hydrogen (secondary N) is 2. The summed E-state index contributed by atoms with van der Waals surface area (Å²) < 4.78 is 5.32. The molecule has 0 heterocycles. The monoisotopic (exact) mass is 294 g/mol. The Labute approximate surface area is 124 Å². The van der Waals surface area contributed by atoms with Gasteiger partial charge in [0.1, 0.15) is 5.75 Å². The molecule has 21 heavy (non-hydrogen) atoms. The minimum atomic E-state index is -0.807. The second-order valence-electron chi connectivity index (χ2n) is 5.00. The van der Waals surface area contributed by atoms with Crippen molar-refractivity contribution in [3.8, 4) is 5.75 Å².